The fourth-order valence-corrected chi connectivity index (χ4v) is 2.11. The fourth-order valence-electron chi connectivity index (χ4n) is 2.11. The molecule has 0 bridgehead atoms. The highest BCUT2D eigenvalue weighted by molar-refractivity contribution is 6.02. The van der Waals surface area contributed by atoms with Crippen molar-refractivity contribution >= 4 is 11.9 Å². The summed E-state index contributed by atoms with van der Waals surface area (Å²) in [4.78, 5) is 23.1. The van der Waals surface area contributed by atoms with Gasteiger partial charge in [-0.25, -0.2) is 9.59 Å². The molecule has 0 aliphatic carbocycles. The third kappa shape index (κ3) is 5.55. The average molecular weight is 294 g/mol. The van der Waals surface area contributed by atoms with E-state index in [4.69, 9.17) is 14.9 Å². The van der Waals surface area contributed by atoms with E-state index in [1.165, 1.54) is 12.1 Å². The molecule has 0 heterocycles. The van der Waals surface area contributed by atoms with Crippen molar-refractivity contribution in [3.63, 3.8) is 0 Å². The number of rotatable bonds is 9. The minimum absolute atomic E-state index is 0.0532. The Morgan fingerprint density at radius 1 is 1.19 bits per heavy atom. The molecule has 0 saturated carbocycles. The standard InChI is InChI=1S/C16H22O5/c1-2-3-6-12(9-10-17)11-21-16(20)14-8-5-4-7-13(14)15(18)19/h4-5,7-8,12,17H,2-3,6,9-11H2,1H3,(H,18,19). The molecule has 0 saturated heterocycles. The van der Waals surface area contributed by atoms with Gasteiger partial charge in [0.1, 0.15) is 0 Å². The number of aliphatic hydroxyl groups excluding tert-OH is 1. The number of hydrogen-bond acceptors (Lipinski definition) is 4. The molecule has 0 aliphatic rings. The molecule has 1 aromatic carbocycles. The average Bonchev–Trinajstić information content (AvgIpc) is 2.49. The Kier molecular flexibility index (Phi) is 7.46. The number of esters is 1. The van der Waals surface area contributed by atoms with E-state index in [1.807, 2.05) is 0 Å². The van der Waals surface area contributed by atoms with Crippen molar-refractivity contribution in [3.8, 4) is 0 Å². The Bertz CT molecular complexity index is 469. The summed E-state index contributed by atoms with van der Waals surface area (Å²) in [6.07, 6.45) is 3.50. The number of aromatic carboxylic acids is 1. The summed E-state index contributed by atoms with van der Waals surface area (Å²) in [5.74, 6) is -1.68. The monoisotopic (exact) mass is 294 g/mol. The van der Waals surface area contributed by atoms with Gasteiger partial charge >= 0.3 is 11.9 Å². The van der Waals surface area contributed by atoms with Gasteiger partial charge in [-0.05, 0) is 30.9 Å². The smallest absolute Gasteiger partial charge is 0.339 e. The molecular formula is C16H22O5. The van der Waals surface area contributed by atoms with E-state index in [0.717, 1.165) is 19.3 Å². The second-order valence-corrected chi connectivity index (χ2v) is 4.97. The van der Waals surface area contributed by atoms with Gasteiger partial charge in [0, 0.05) is 6.61 Å². The zero-order valence-corrected chi connectivity index (χ0v) is 12.2. The Morgan fingerprint density at radius 2 is 1.86 bits per heavy atom. The van der Waals surface area contributed by atoms with Crippen molar-refractivity contribution in [3.05, 3.63) is 35.4 Å². The van der Waals surface area contributed by atoms with Crippen LogP contribution in [0.15, 0.2) is 24.3 Å². The maximum Gasteiger partial charge on any atom is 0.339 e. The molecule has 21 heavy (non-hydrogen) atoms. The van der Waals surface area contributed by atoms with Crippen LogP contribution in [-0.4, -0.2) is 35.4 Å². The minimum Gasteiger partial charge on any atom is -0.478 e. The van der Waals surface area contributed by atoms with E-state index >= 15 is 0 Å². The second kappa shape index (κ2) is 9.13. The summed E-state index contributed by atoms with van der Waals surface area (Å²) in [5.41, 5.74) is -0.00185. The third-order valence-corrected chi connectivity index (χ3v) is 3.33. The highest BCUT2D eigenvalue weighted by Gasteiger charge is 2.18. The van der Waals surface area contributed by atoms with E-state index in [2.05, 4.69) is 6.92 Å². The van der Waals surface area contributed by atoms with Gasteiger partial charge in [0.05, 0.1) is 17.7 Å². The highest BCUT2D eigenvalue weighted by atomic mass is 16.5. The molecule has 5 heteroatoms. The topological polar surface area (TPSA) is 83.8 Å². The van der Waals surface area contributed by atoms with Gasteiger partial charge in [-0.15, -0.1) is 0 Å². The molecule has 0 amide bonds. The van der Waals surface area contributed by atoms with Crippen molar-refractivity contribution in [1.29, 1.82) is 0 Å². The largest absolute Gasteiger partial charge is 0.478 e. The maximum atomic E-state index is 12.0. The number of unbranched alkanes of at least 4 members (excludes halogenated alkanes) is 1. The number of ether oxygens (including phenoxy) is 1. The predicted octanol–water partition coefficient (Wildman–Crippen LogP) is 2.73. The molecule has 0 fully saturated rings. The van der Waals surface area contributed by atoms with E-state index in [-0.39, 0.29) is 30.3 Å². The van der Waals surface area contributed by atoms with Crippen molar-refractivity contribution in [2.75, 3.05) is 13.2 Å². The summed E-state index contributed by atoms with van der Waals surface area (Å²) in [6.45, 7) is 2.33. The molecule has 2 N–H and O–H groups in total. The Hall–Kier alpha value is -1.88. The summed E-state index contributed by atoms with van der Waals surface area (Å²) in [6, 6.07) is 5.99. The van der Waals surface area contributed by atoms with Crippen LogP contribution < -0.4 is 0 Å². The van der Waals surface area contributed by atoms with Crippen LogP contribution in [0.3, 0.4) is 0 Å². The normalized spacial score (nSPS) is 11.9. The van der Waals surface area contributed by atoms with E-state index in [0.29, 0.717) is 6.42 Å². The van der Waals surface area contributed by atoms with Gasteiger partial charge in [0.25, 0.3) is 0 Å². The van der Waals surface area contributed by atoms with Crippen molar-refractivity contribution in [1.82, 2.24) is 0 Å². The van der Waals surface area contributed by atoms with Gasteiger partial charge in [-0.3, -0.25) is 0 Å². The van der Waals surface area contributed by atoms with Crippen molar-refractivity contribution in [2.45, 2.75) is 32.6 Å². The molecule has 1 unspecified atom stereocenters. The fraction of sp³-hybridized carbons (Fsp3) is 0.500. The third-order valence-electron chi connectivity index (χ3n) is 3.33. The van der Waals surface area contributed by atoms with Crippen LogP contribution in [0.1, 0.15) is 53.3 Å². The molecule has 0 aromatic heterocycles. The zero-order valence-electron chi connectivity index (χ0n) is 12.2. The Labute approximate surface area is 124 Å². The van der Waals surface area contributed by atoms with Crippen LogP contribution in [0.25, 0.3) is 0 Å². The van der Waals surface area contributed by atoms with Crippen molar-refractivity contribution < 1.29 is 24.5 Å². The first-order valence-corrected chi connectivity index (χ1v) is 7.20. The molecule has 0 spiro atoms. The lowest BCUT2D eigenvalue weighted by atomic mass is 10.00. The molecule has 1 atom stereocenters. The van der Waals surface area contributed by atoms with Crippen LogP contribution >= 0.6 is 0 Å². The molecular weight excluding hydrogens is 272 g/mol. The van der Waals surface area contributed by atoms with Crippen LogP contribution in [0.4, 0.5) is 0 Å². The number of aliphatic hydroxyl groups is 1. The molecule has 116 valence electrons. The Morgan fingerprint density at radius 3 is 2.43 bits per heavy atom. The number of carboxylic acid groups (broad SMARTS) is 1. The van der Waals surface area contributed by atoms with Crippen molar-refractivity contribution in [2.24, 2.45) is 5.92 Å². The quantitative estimate of drug-likeness (QED) is 0.684. The summed E-state index contributed by atoms with van der Waals surface area (Å²) in [5, 5.41) is 18.1. The lowest BCUT2D eigenvalue weighted by Gasteiger charge is -2.16. The number of carbonyl (C=O) groups excluding carboxylic acids is 1. The predicted molar refractivity (Wildman–Crippen MR) is 78.4 cm³/mol. The SMILES string of the molecule is CCCCC(CCO)COC(=O)c1ccccc1C(=O)O. The van der Waals surface area contributed by atoms with Crippen LogP contribution in [-0.2, 0) is 4.74 Å². The van der Waals surface area contributed by atoms with Gasteiger partial charge in [-0.1, -0.05) is 31.9 Å². The summed E-state index contributed by atoms with van der Waals surface area (Å²) in [7, 11) is 0. The highest BCUT2D eigenvalue weighted by Crippen LogP contribution is 2.15. The first-order valence-electron chi connectivity index (χ1n) is 7.20. The molecule has 0 aliphatic heterocycles. The first kappa shape index (κ1) is 17.2. The summed E-state index contributed by atoms with van der Waals surface area (Å²) < 4.78 is 5.22. The van der Waals surface area contributed by atoms with Crippen LogP contribution in [0.5, 0.6) is 0 Å². The van der Waals surface area contributed by atoms with Gasteiger partial charge in [0.2, 0.25) is 0 Å². The number of hydrogen-bond donors (Lipinski definition) is 2. The maximum absolute atomic E-state index is 12.0. The molecule has 0 radical (unpaired) electrons. The van der Waals surface area contributed by atoms with Gasteiger partial charge in [-0.2, -0.15) is 0 Å². The second-order valence-electron chi connectivity index (χ2n) is 4.97. The van der Waals surface area contributed by atoms with E-state index in [9.17, 15) is 9.59 Å². The van der Waals surface area contributed by atoms with E-state index < -0.39 is 11.9 Å². The van der Waals surface area contributed by atoms with Gasteiger partial charge in [0.15, 0.2) is 0 Å². The Balaban J connectivity index is 2.65. The number of benzene rings is 1. The number of carboxylic acids is 1. The first-order chi connectivity index (χ1) is 10.1. The van der Waals surface area contributed by atoms with Crippen LogP contribution in [0, 0.1) is 5.92 Å². The molecule has 5 nitrogen and oxygen atoms in total. The van der Waals surface area contributed by atoms with E-state index in [1.54, 1.807) is 12.1 Å². The number of carbonyl (C=O) groups is 2. The van der Waals surface area contributed by atoms with Gasteiger partial charge < -0.3 is 14.9 Å². The lowest BCUT2D eigenvalue weighted by Crippen LogP contribution is -2.17. The van der Waals surface area contributed by atoms with Crippen LogP contribution in [0.2, 0.25) is 0 Å². The molecule has 1 rings (SSSR count). The lowest BCUT2D eigenvalue weighted by molar-refractivity contribution is 0.0402. The zero-order chi connectivity index (χ0) is 15.7. The summed E-state index contributed by atoms with van der Waals surface area (Å²) >= 11 is 0. The molecule has 1 aromatic rings. The minimum atomic E-state index is -1.15.